The first-order chi connectivity index (χ1) is 5.11. The van der Waals surface area contributed by atoms with Crippen LogP contribution < -0.4 is 0 Å². The van der Waals surface area contributed by atoms with E-state index in [-0.39, 0.29) is 0 Å². The summed E-state index contributed by atoms with van der Waals surface area (Å²) in [4.78, 5) is 0. The van der Waals surface area contributed by atoms with Crippen LogP contribution >= 0.6 is 34.8 Å². The number of rotatable bonds is 0. The maximum Gasteiger partial charge on any atom is 0.0737 e. The molecule has 0 N–H and O–H groups in total. The molecule has 0 saturated heterocycles. The molecule has 0 nitrogen and oxygen atoms in total. The molecular formula is C8H7Cl3. The van der Waals surface area contributed by atoms with Gasteiger partial charge in [-0.3, -0.25) is 0 Å². The van der Waals surface area contributed by atoms with Gasteiger partial charge in [-0.05, 0) is 6.42 Å². The minimum absolute atomic E-state index is 0.451. The van der Waals surface area contributed by atoms with Gasteiger partial charge in [-0.2, -0.15) is 0 Å². The quantitative estimate of drug-likeness (QED) is 0.526. The molecule has 0 fully saturated rings. The Hall–Kier alpha value is 0.0900. The van der Waals surface area contributed by atoms with Gasteiger partial charge in [0.05, 0.1) is 10.1 Å². The average molecular weight is 210 g/mol. The standard InChI is InChI=1S/C8H7Cl3/c1-5-2-3-6(9)8(11)7(10)4-5/h3H,1-2,4H2. The maximum atomic E-state index is 5.82. The lowest BCUT2D eigenvalue weighted by Crippen LogP contribution is -1.78. The van der Waals surface area contributed by atoms with E-state index in [1.807, 2.05) is 6.08 Å². The zero-order chi connectivity index (χ0) is 8.43. The molecule has 0 saturated carbocycles. The topological polar surface area (TPSA) is 0 Å². The highest BCUT2D eigenvalue weighted by atomic mass is 35.5. The monoisotopic (exact) mass is 208 g/mol. The van der Waals surface area contributed by atoms with E-state index < -0.39 is 0 Å². The van der Waals surface area contributed by atoms with Crippen LogP contribution in [0.5, 0.6) is 0 Å². The van der Waals surface area contributed by atoms with Crippen molar-refractivity contribution in [3.8, 4) is 0 Å². The van der Waals surface area contributed by atoms with Crippen LogP contribution in [0.15, 0.2) is 33.3 Å². The first-order valence-electron chi connectivity index (χ1n) is 3.18. The molecule has 0 heterocycles. The summed E-state index contributed by atoms with van der Waals surface area (Å²) in [5.74, 6) is 0. The molecule has 0 radical (unpaired) electrons. The Labute approximate surface area is 81.1 Å². The van der Waals surface area contributed by atoms with E-state index in [0.717, 1.165) is 12.0 Å². The number of hydrogen-bond acceptors (Lipinski definition) is 0. The molecule has 0 bridgehead atoms. The molecule has 3 heteroatoms. The Morgan fingerprint density at radius 2 is 1.91 bits per heavy atom. The fraction of sp³-hybridized carbons (Fsp3) is 0.250. The van der Waals surface area contributed by atoms with Crippen LogP contribution in [0, 0.1) is 0 Å². The third kappa shape index (κ3) is 2.26. The molecule has 0 aliphatic heterocycles. The maximum absolute atomic E-state index is 5.82. The second kappa shape index (κ2) is 3.66. The van der Waals surface area contributed by atoms with E-state index in [4.69, 9.17) is 34.8 Å². The van der Waals surface area contributed by atoms with Crippen molar-refractivity contribution in [3.05, 3.63) is 33.3 Å². The summed E-state index contributed by atoms with van der Waals surface area (Å²) in [6.45, 7) is 3.81. The van der Waals surface area contributed by atoms with Crippen LogP contribution in [-0.2, 0) is 0 Å². The smallest absolute Gasteiger partial charge is 0.0737 e. The van der Waals surface area contributed by atoms with Crippen molar-refractivity contribution in [2.24, 2.45) is 0 Å². The van der Waals surface area contributed by atoms with Gasteiger partial charge in [0.15, 0.2) is 0 Å². The Morgan fingerprint density at radius 3 is 2.55 bits per heavy atom. The molecule has 60 valence electrons. The fourth-order valence-corrected chi connectivity index (χ4v) is 1.50. The van der Waals surface area contributed by atoms with Gasteiger partial charge in [0.1, 0.15) is 0 Å². The zero-order valence-electron chi connectivity index (χ0n) is 5.83. The van der Waals surface area contributed by atoms with Gasteiger partial charge in [0, 0.05) is 11.5 Å². The lowest BCUT2D eigenvalue weighted by atomic mass is 10.2. The molecule has 0 aromatic rings. The van der Waals surface area contributed by atoms with Crippen LogP contribution in [0.4, 0.5) is 0 Å². The van der Waals surface area contributed by atoms with Crippen molar-refractivity contribution in [2.45, 2.75) is 12.8 Å². The van der Waals surface area contributed by atoms with E-state index in [0.29, 0.717) is 21.5 Å². The van der Waals surface area contributed by atoms with Crippen LogP contribution in [-0.4, -0.2) is 0 Å². The summed E-state index contributed by atoms with van der Waals surface area (Å²) in [6.07, 6.45) is 3.21. The molecular weight excluding hydrogens is 202 g/mol. The van der Waals surface area contributed by atoms with E-state index in [1.54, 1.807) is 0 Å². The van der Waals surface area contributed by atoms with Crippen LogP contribution in [0.3, 0.4) is 0 Å². The van der Waals surface area contributed by atoms with Crippen molar-refractivity contribution >= 4 is 34.8 Å². The normalized spacial score (nSPS) is 19.9. The Morgan fingerprint density at radius 1 is 1.27 bits per heavy atom. The average Bonchev–Trinajstić information content (AvgIpc) is 2.05. The molecule has 1 rings (SSSR count). The van der Waals surface area contributed by atoms with Crippen LogP contribution in [0.1, 0.15) is 12.8 Å². The van der Waals surface area contributed by atoms with Gasteiger partial charge in [0.2, 0.25) is 0 Å². The van der Waals surface area contributed by atoms with Gasteiger partial charge in [0.25, 0.3) is 0 Å². The SMILES string of the molecule is C=C1CC=C(Cl)C(Cl)=C(Cl)C1. The van der Waals surface area contributed by atoms with Gasteiger partial charge in [-0.1, -0.05) is 53.0 Å². The predicted molar refractivity (Wildman–Crippen MR) is 51.0 cm³/mol. The number of allylic oxidation sites excluding steroid dienone is 5. The summed E-state index contributed by atoms with van der Waals surface area (Å²) in [5.41, 5.74) is 1.03. The zero-order valence-corrected chi connectivity index (χ0v) is 8.10. The molecule has 1 aliphatic rings. The molecule has 0 aromatic heterocycles. The molecule has 0 spiro atoms. The third-order valence-corrected chi connectivity index (χ3v) is 2.71. The first kappa shape index (κ1) is 9.18. The van der Waals surface area contributed by atoms with Crippen molar-refractivity contribution in [1.82, 2.24) is 0 Å². The molecule has 0 unspecified atom stereocenters. The highest BCUT2D eigenvalue weighted by molar-refractivity contribution is 6.48. The van der Waals surface area contributed by atoms with Crippen molar-refractivity contribution in [1.29, 1.82) is 0 Å². The summed E-state index contributed by atoms with van der Waals surface area (Å²) >= 11 is 17.4. The summed E-state index contributed by atoms with van der Waals surface area (Å²) in [5, 5.41) is 1.55. The van der Waals surface area contributed by atoms with E-state index in [2.05, 4.69) is 6.58 Å². The van der Waals surface area contributed by atoms with Crippen molar-refractivity contribution in [3.63, 3.8) is 0 Å². The van der Waals surface area contributed by atoms with E-state index in [9.17, 15) is 0 Å². The Bertz CT molecular complexity index is 248. The minimum atomic E-state index is 0.451. The molecule has 11 heavy (non-hydrogen) atoms. The highest BCUT2D eigenvalue weighted by Gasteiger charge is 2.10. The second-order valence-electron chi connectivity index (χ2n) is 2.40. The number of hydrogen-bond donors (Lipinski definition) is 0. The Kier molecular flexibility index (Phi) is 3.06. The van der Waals surface area contributed by atoms with Gasteiger partial charge in [-0.15, -0.1) is 0 Å². The summed E-state index contributed by atoms with van der Waals surface area (Å²) in [6, 6.07) is 0. The van der Waals surface area contributed by atoms with Crippen LogP contribution in [0.25, 0.3) is 0 Å². The van der Waals surface area contributed by atoms with Crippen molar-refractivity contribution in [2.75, 3.05) is 0 Å². The molecule has 1 aliphatic carbocycles. The highest BCUT2D eigenvalue weighted by Crippen LogP contribution is 2.33. The van der Waals surface area contributed by atoms with Gasteiger partial charge in [-0.25, -0.2) is 0 Å². The summed E-state index contributed by atoms with van der Waals surface area (Å²) in [7, 11) is 0. The van der Waals surface area contributed by atoms with E-state index >= 15 is 0 Å². The largest absolute Gasteiger partial charge is 0.0992 e. The Balaban J connectivity index is 2.99. The van der Waals surface area contributed by atoms with E-state index in [1.165, 1.54) is 0 Å². The van der Waals surface area contributed by atoms with Crippen molar-refractivity contribution < 1.29 is 0 Å². The fourth-order valence-electron chi connectivity index (χ4n) is 0.822. The van der Waals surface area contributed by atoms with Gasteiger partial charge >= 0.3 is 0 Å². The lowest BCUT2D eigenvalue weighted by Gasteiger charge is -1.98. The first-order valence-corrected chi connectivity index (χ1v) is 4.31. The summed E-state index contributed by atoms with van der Waals surface area (Å²) < 4.78 is 0. The second-order valence-corrected chi connectivity index (χ2v) is 3.64. The lowest BCUT2D eigenvalue weighted by molar-refractivity contribution is 1.12. The molecule has 0 atom stereocenters. The van der Waals surface area contributed by atoms with Gasteiger partial charge < -0.3 is 0 Å². The molecule has 0 aromatic carbocycles. The van der Waals surface area contributed by atoms with Crippen LogP contribution in [0.2, 0.25) is 0 Å². The third-order valence-electron chi connectivity index (χ3n) is 1.42. The minimum Gasteiger partial charge on any atom is -0.0992 e. The number of halogens is 3. The predicted octanol–water partition coefficient (Wildman–Crippen LogP) is 4.15. The molecule has 0 amide bonds.